The quantitative estimate of drug-likeness (QED) is 0.748. The van der Waals surface area contributed by atoms with Gasteiger partial charge in [-0.05, 0) is 12.1 Å². The number of rotatable bonds is 3. The van der Waals surface area contributed by atoms with E-state index in [0.29, 0.717) is 0 Å². The van der Waals surface area contributed by atoms with Gasteiger partial charge < -0.3 is 4.98 Å². The van der Waals surface area contributed by atoms with Crippen LogP contribution in [0, 0.1) is 0 Å². The Morgan fingerprint density at radius 3 is 3.36 bits per heavy atom. The SMILES string of the molecule is NSCC=Cc1cnc2[nH]ccc2n1. The van der Waals surface area contributed by atoms with E-state index in [1.54, 1.807) is 6.20 Å². The van der Waals surface area contributed by atoms with E-state index in [2.05, 4.69) is 15.0 Å². The van der Waals surface area contributed by atoms with Crippen molar-refractivity contribution in [1.29, 1.82) is 0 Å². The van der Waals surface area contributed by atoms with E-state index in [1.165, 1.54) is 11.9 Å². The standard InChI is InChI=1S/C9H10N4S/c10-14-5-1-2-7-6-12-9-8(13-7)3-4-11-9/h1-4,6H,5,10H2,(H,11,12). The highest BCUT2D eigenvalue weighted by Gasteiger charge is 1.96. The molecule has 0 saturated heterocycles. The van der Waals surface area contributed by atoms with E-state index in [9.17, 15) is 0 Å². The average molecular weight is 206 g/mol. The summed E-state index contributed by atoms with van der Waals surface area (Å²) in [5, 5.41) is 5.29. The van der Waals surface area contributed by atoms with Crippen molar-refractivity contribution in [3.8, 4) is 0 Å². The topological polar surface area (TPSA) is 67.6 Å². The predicted molar refractivity (Wildman–Crippen MR) is 59.6 cm³/mol. The number of aromatic nitrogens is 3. The number of nitrogens with zero attached hydrogens (tertiary/aromatic N) is 2. The summed E-state index contributed by atoms with van der Waals surface area (Å²) in [5.41, 5.74) is 2.55. The van der Waals surface area contributed by atoms with Gasteiger partial charge in [0, 0.05) is 11.9 Å². The molecule has 3 N–H and O–H groups in total. The first kappa shape index (κ1) is 9.23. The van der Waals surface area contributed by atoms with Gasteiger partial charge in [-0.2, -0.15) is 0 Å². The van der Waals surface area contributed by atoms with Gasteiger partial charge in [0.15, 0.2) is 5.65 Å². The van der Waals surface area contributed by atoms with Gasteiger partial charge >= 0.3 is 0 Å². The number of hydrogen-bond donors (Lipinski definition) is 2. The van der Waals surface area contributed by atoms with Gasteiger partial charge in [0.1, 0.15) is 5.52 Å². The zero-order chi connectivity index (χ0) is 9.80. The van der Waals surface area contributed by atoms with E-state index in [-0.39, 0.29) is 0 Å². The molecule has 2 rings (SSSR count). The normalized spacial score (nSPS) is 11.5. The summed E-state index contributed by atoms with van der Waals surface area (Å²) in [7, 11) is 0. The van der Waals surface area contributed by atoms with Crippen LogP contribution in [0.15, 0.2) is 24.5 Å². The number of aromatic amines is 1. The fraction of sp³-hybridized carbons (Fsp3) is 0.111. The Bertz CT molecular complexity index is 449. The van der Waals surface area contributed by atoms with Crippen LogP contribution in [0.2, 0.25) is 0 Å². The van der Waals surface area contributed by atoms with E-state index in [0.717, 1.165) is 22.6 Å². The molecule has 2 aromatic rings. The first-order chi connectivity index (χ1) is 6.90. The second kappa shape index (κ2) is 4.26. The number of nitrogens with one attached hydrogen (secondary N) is 1. The Labute approximate surface area is 85.8 Å². The van der Waals surface area contributed by atoms with Crippen LogP contribution in [0.25, 0.3) is 17.2 Å². The minimum atomic E-state index is 0.785. The smallest absolute Gasteiger partial charge is 0.156 e. The minimum absolute atomic E-state index is 0.785. The van der Waals surface area contributed by atoms with Crippen molar-refractivity contribution in [3.05, 3.63) is 30.2 Å². The summed E-state index contributed by atoms with van der Waals surface area (Å²) >= 11 is 1.28. The second-order valence-corrected chi connectivity index (χ2v) is 3.41. The summed E-state index contributed by atoms with van der Waals surface area (Å²) in [6, 6.07) is 1.90. The van der Waals surface area contributed by atoms with Crippen molar-refractivity contribution < 1.29 is 0 Å². The van der Waals surface area contributed by atoms with E-state index in [1.807, 2.05) is 24.4 Å². The Morgan fingerprint density at radius 2 is 2.50 bits per heavy atom. The van der Waals surface area contributed by atoms with Crippen molar-refractivity contribution in [2.75, 3.05) is 5.75 Å². The fourth-order valence-corrected chi connectivity index (χ4v) is 1.36. The van der Waals surface area contributed by atoms with Crippen molar-refractivity contribution in [3.63, 3.8) is 0 Å². The molecular formula is C9H10N4S. The molecule has 5 heteroatoms. The van der Waals surface area contributed by atoms with Gasteiger partial charge in [-0.15, -0.1) is 0 Å². The Kier molecular flexibility index (Phi) is 2.81. The lowest BCUT2D eigenvalue weighted by Gasteiger charge is -1.92. The van der Waals surface area contributed by atoms with E-state index < -0.39 is 0 Å². The predicted octanol–water partition coefficient (Wildman–Crippen LogP) is 1.58. The fourth-order valence-electron chi connectivity index (χ4n) is 1.15. The Hall–Kier alpha value is -1.33. The van der Waals surface area contributed by atoms with Crippen LogP contribution < -0.4 is 5.14 Å². The monoisotopic (exact) mass is 206 g/mol. The lowest BCUT2D eigenvalue weighted by atomic mass is 10.4. The van der Waals surface area contributed by atoms with E-state index >= 15 is 0 Å². The number of nitrogens with two attached hydrogens (primary N) is 1. The minimum Gasteiger partial charge on any atom is -0.345 e. The van der Waals surface area contributed by atoms with E-state index in [4.69, 9.17) is 5.14 Å². The molecule has 2 heterocycles. The van der Waals surface area contributed by atoms with Crippen LogP contribution in [0.1, 0.15) is 5.69 Å². The maximum Gasteiger partial charge on any atom is 0.156 e. The van der Waals surface area contributed by atoms with Crippen molar-refractivity contribution >= 4 is 29.2 Å². The van der Waals surface area contributed by atoms with Gasteiger partial charge in [0.2, 0.25) is 0 Å². The molecule has 0 saturated carbocycles. The third-order valence-electron chi connectivity index (χ3n) is 1.76. The summed E-state index contributed by atoms with van der Waals surface area (Å²) in [6.45, 7) is 0. The molecule has 0 atom stereocenters. The largest absolute Gasteiger partial charge is 0.345 e. The maximum atomic E-state index is 5.29. The average Bonchev–Trinajstić information content (AvgIpc) is 2.65. The van der Waals surface area contributed by atoms with Crippen LogP contribution in [0.3, 0.4) is 0 Å². The van der Waals surface area contributed by atoms with Gasteiger partial charge in [-0.3, -0.25) is 5.14 Å². The maximum absolute atomic E-state index is 5.29. The Balaban J connectivity index is 2.25. The van der Waals surface area contributed by atoms with Crippen molar-refractivity contribution in [2.24, 2.45) is 5.14 Å². The van der Waals surface area contributed by atoms with Crippen LogP contribution >= 0.6 is 11.9 Å². The first-order valence-electron chi connectivity index (χ1n) is 4.18. The van der Waals surface area contributed by atoms with Crippen LogP contribution in [0.5, 0.6) is 0 Å². The first-order valence-corrected chi connectivity index (χ1v) is 5.23. The highest BCUT2D eigenvalue weighted by Crippen LogP contribution is 2.07. The molecule has 0 unspecified atom stereocenters. The molecule has 0 radical (unpaired) electrons. The molecular weight excluding hydrogens is 196 g/mol. The summed E-state index contributed by atoms with van der Waals surface area (Å²) in [6.07, 6.45) is 7.44. The lowest BCUT2D eigenvalue weighted by molar-refractivity contribution is 1.24. The van der Waals surface area contributed by atoms with Gasteiger partial charge in [0.25, 0.3) is 0 Å². The molecule has 0 amide bonds. The molecule has 0 aliphatic carbocycles. The summed E-state index contributed by atoms with van der Waals surface area (Å²) < 4.78 is 0. The second-order valence-electron chi connectivity index (χ2n) is 2.74. The van der Waals surface area contributed by atoms with Crippen molar-refractivity contribution in [1.82, 2.24) is 15.0 Å². The number of fused-ring (bicyclic) bond motifs is 1. The van der Waals surface area contributed by atoms with Crippen LogP contribution in [-0.2, 0) is 0 Å². The zero-order valence-electron chi connectivity index (χ0n) is 7.47. The van der Waals surface area contributed by atoms with Gasteiger partial charge in [0.05, 0.1) is 11.9 Å². The number of H-pyrrole nitrogens is 1. The molecule has 0 spiro atoms. The third kappa shape index (κ3) is 1.94. The molecule has 72 valence electrons. The molecule has 2 aromatic heterocycles. The molecule has 0 aromatic carbocycles. The molecule has 14 heavy (non-hydrogen) atoms. The highest BCUT2D eigenvalue weighted by molar-refractivity contribution is 7.97. The van der Waals surface area contributed by atoms with Crippen LogP contribution in [-0.4, -0.2) is 20.7 Å². The lowest BCUT2D eigenvalue weighted by Crippen LogP contribution is -1.85. The molecule has 0 aliphatic rings. The Morgan fingerprint density at radius 1 is 1.57 bits per heavy atom. The molecule has 0 bridgehead atoms. The zero-order valence-corrected chi connectivity index (χ0v) is 8.29. The summed E-state index contributed by atoms with van der Waals surface area (Å²) in [5.74, 6) is 0.785. The third-order valence-corrected chi connectivity index (χ3v) is 2.15. The van der Waals surface area contributed by atoms with Crippen molar-refractivity contribution in [2.45, 2.75) is 0 Å². The molecule has 0 aliphatic heterocycles. The van der Waals surface area contributed by atoms with Gasteiger partial charge in [-0.1, -0.05) is 18.0 Å². The molecule has 0 fully saturated rings. The molecule has 4 nitrogen and oxygen atoms in total. The number of hydrogen-bond acceptors (Lipinski definition) is 4. The van der Waals surface area contributed by atoms with Crippen LogP contribution in [0.4, 0.5) is 0 Å². The summed E-state index contributed by atoms with van der Waals surface area (Å²) in [4.78, 5) is 11.6. The highest BCUT2D eigenvalue weighted by atomic mass is 32.2. The van der Waals surface area contributed by atoms with Gasteiger partial charge in [-0.25, -0.2) is 9.97 Å².